The van der Waals surface area contributed by atoms with Gasteiger partial charge in [0.1, 0.15) is 0 Å². The van der Waals surface area contributed by atoms with Gasteiger partial charge in [-0.1, -0.05) is 6.92 Å². The lowest BCUT2D eigenvalue weighted by Gasteiger charge is -2.05. The average Bonchev–Trinajstić information content (AvgIpc) is 2.14. The molecule has 1 aliphatic rings. The topological polar surface area (TPSA) is 97.7 Å². The summed E-state index contributed by atoms with van der Waals surface area (Å²) in [6.07, 6.45) is 0. The van der Waals surface area contributed by atoms with Gasteiger partial charge >= 0.3 is 11.9 Å². The quantitative estimate of drug-likeness (QED) is 0.363. The lowest BCUT2D eigenvalue weighted by atomic mass is 9.99. The van der Waals surface area contributed by atoms with Crippen molar-refractivity contribution >= 4 is 22.1 Å². The summed E-state index contributed by atoms with van der Waals surface area (Å²) in [7, 11) is -4.25. The van der Waals surface area contributed by atoms with Crippen LogP contribution in [0.4, 0.5) is 0 Å². The summed E-state index contributed by atoms with van der Waals surface area (Å²) in [5.74, 6) is -4.30. The maximum absolute atomic E-state index is 10.9. The van der Waals surface area contributed by atoms with Crippen molar-refractivity contribution < 1.29 is 27.3 Å². The van der Waals surface area contributed by atoms with Crippen LogP contribution in [-0.2, 0) is 24.4 Å². The van der Waals surface area contributed by atoms with Crippen LogP contribution in [0.25, 0.3) is 0 Å². The summed E-state index contributed by atoms with van der Waals surface area (Å²) >= 11 is 0. The van der Waals surface area contributed by atoms with E-state index in [-0.39, 0.29) is 0 Å². The van der Waals surface area contributed by atoms with E-state index in [2.05, 4.69) is 4.74 Å². The zero-order valence-electron chi connectivity index (χ0n) is 6.76. The van der Waals surface area contributed by atoms with Crippen molar-refractivity contribution in [3.05, 3.63) is 0 Å². The summed E-state index contributed by atoms with van der Waals surface area (Å²) in [5.41, 5.74) is 0. The highest BCUT2D eigenvalue weighted by Gasteiger charge is 2.43. The van der Waals surface area contributed by atoms with E-state index in [4.69, 9.17) is 4.55 Å². The second-order valence-electron chi connectivity index (χ2n) is 2.88. The van der Waals surface area contributed by atoms with Crippen LogP contribution in [-0.4, -0.2) is 30.7 Å². The summed E-state index contributed by atoms with van der Waals surface area (Å²) in [4.78, 5) is 21.6. The third kappa shape index (κ3) is 2.25. The molecule has 13 heavy (non-hydrogen) atoms. The minimum atomic E-state index is -4.25. The molecule has 0 aliphatic carbocycles. The molecule has 0 amide bonds. The lowest BCUT2D eigenvalue weighted by molar-refractivity contribution is -0.153. The van der Waals surface area contributed by atoms with Crippen molar-refractivity contribution in [2.75, 3.05) is 5.75 Å². The third-order valence-corrected chi connectivity index (χ3v) is 2.65. The number of esters is 2. The van der Waals surface area contributed by atoms with Crippen LogP contribution in [0, 0.1) is 11.8 Å². The second-order valence-corrected chi connectivity index (χ2v) is 4.38. The van der Waals surface area contributed by atoms with Crippen LogP contribution in [0.15, 0.2) is 0 Å². The van der Waals surface area contributed by atoms with E-state index in [0.717, 1.165) is 0 Å². The first-order valence-corrected chi connectivity index (χ1v) is 5.13. The number of rotatable bonds is 2. The number of ether oxygens (including phenoxy) is 1. The first-order chi connectivity index (χ1) is 5.81. The zero-order chi connectivity index (χ0) is 10.2. The van der Waals surface area contributed by atoms with Gasteiger partial charge in [-0.3, -0.25) is 14.1 Å². The molecule has 1 aliphatic heterocycles. The Kier molecular flexibility index (Phi) is 2.40. The molecule has 0 saturated carbocycles. The monoisotopic (exact) mass is 208 g/mol. The Morgan fingerprint density at radius 1 is 1.38 bits per heavy atom. The molecule has 1 fully saturated rings. The normalized spacial score (nSPS) is 29.1. The molecular formula is C6H8O6S. The van der Waals surface area contributed by atoms with Crippen molar-refractivity contribution in [1.82, 2.24) is 0 Å². The van der Waals surface area contributed by atoms with Gasteiger partial charge in [-0.05, 0) is 0 Å². The number of hydrogen-bond acceptors (Lipinski definition) is 5. The van der Waals surface area contributed by atoms with Gasteiger partial charge in [0.15, 0.2) is 0 Å². The van der Waals surface area contributed by atoms with Crippen LogP contribution in [0.1, 0.15) is 6.92 Å². The molecule has 1 N–H and O–H groups in total. The fraction of sp³-hybridized carbons (Fsp3) is 0.667. The Labute approximate surface area is 74.6 Å². The molecule has 0 spiro atoms. The minimum Gasteiger partial charge on any atom is -0.393 e. The smallest absolute Gasteiger partial charge is 0.318 e. The molecule has 6 nitrogen and oxygen atoms in total. The molecule has 7 heteroatoms. The van der Waals surface area contributed by atoms with E-state index in [9.17, 15) is 18.0 Å². The molecule has 0 bridgehead atoms. The summed E-state index contributed by atoms with van der Waals surface area (Å²) in [6.45, 7) is 1.38. The van der Waals surface area contributed by atoms with Gasteiger partial charge in [-0.2, -0.15) is 8.42 Å². The lowest BCUT2D eigenvalue weighted by Crippen LogP contribution is -2.24. The Balaban J connectivity index is 2.82. The standard InChI is InChI=1S/C6H8O6S/c1-3-4(2-13(9,10)11)6(8)12-5(3)7/h3-4H,2H2,1H3,(H,9,10,11). The van der Waals surface area contributed by atoms with Crippen LogP contribution in [0.5, 0.6) is 0 Å². The van der Waals surface area contributed by atoms with Crippen LogP contribution < -0.4 is 0 Å². The van der Waals surface area contributed by atoms with Crippen molar-refractivity contribution in [1.29, 1.82) is 0 Å². The molecule has 1 saturated heterocycles. The Hall–Kier alpha value is -0.950. The predicted molar refractivity (Wildman–Crippen MR) is 40.2 cm³/mol. The highest BCUT2D eigenvalue weighted by Crippen LogP contribution is 2.23. The van der Waals surface area contributed by atoms with Gasteiger partial charge < -0.3 is 4.74 Å². The van der Waals surface area contributed by atoms with Gasteiger partial charge in [0.2, 0.25) is 0 Å². The fourth-order valence-corrected chi connectivity index (χ4v) is 1.95. The first kappa shape index (κ1) is 10.1. The molecule has 0 aromatic heterocycles. The van der Waals surface area contributed by atoms with E-state index >= 15 is 0 Å². The van der Waals surface area contributed by atoms with Crippen LogP contribution >= 0.6 is 0 Å². The molecule has 0 radical (unpaired) electrons. The Morgan fingerprint density at radius 3 is 2.23 bits per heavy atom. The van der Waals surface area contributed by atoms with Crippen molar-refractivity contribution in [2.24, 2.45) is 11.8 Å². The van der Waals surface area contributed by atoms with E-state index < -0.39 is 39.6 Å². The van der Waals surface area contributed by atoms with Crippen molar-refractivity contribution in [3.63, 3.8) is 0 Å². The number of hydrogen-bond donors (Lipinski definition) is 1. The van der Waals surface area contributed by atoms with E-state index in [1.807, 2.05) is 0 Å². The summed E-state index contributed by atoms with van der Waals surface area (Å²) in [5, 5.41) is 0. The van der Waals surface area contributed by atoms with E-state index in [1.165, 1.54) is 6.92 Å². The van der Waals surface area contributed by atoms with Gasteiger partial charge in [0, 0.05) is 0 Å². The molecule has 1 heterocycles. The highest BCUT2D eigenvalue weighted by atomic mass is 32.2. The van der Waals surface area contributed by atoms with E-state index in [1.54, 1.807) is 0 Å². The Morgan fingerprint density at radius 2 is 1.92 bits per heavy atom. The molecule has 0 aromatic carbocycles. The third-order valence-electron chi connectivity index (χ3n) is 1.87. The molecule has 74 valence electrons. The molecular weight excluding hydrogens is 200 g/mol. The maximum Gasteiger partial charge on any atom is 0.318 e. The number of carbonyl (C=O) groups is 2. The second kappa shape index (κ2) is 3.08. The SMILES string of the molecule is CC1C(=O)OC(=O)C1CS(=O)(=O)O. The zero-order valence-corrected chi connectivity index (χ0v) is 7.58. The van der Waals surface area contributed by atoms with Crippen molar-refractivity contribution in [2.45, 2.75) is 6.92 Å². The van der Waals surface area contributed by atoms with Gasteiger partial charge in [-0.25, -0.2) is 0 Å². The predicted octanol–water partition coefficient (Wildman–Crippen LogP) is -0.790. The number of cyclic esters (lactones) is 2. The van der Waals surface area contributed by atoms with E-state index in [0.29, 0.717) is 0 Å². The van der Waals surface area contributed by atoms with Crippen molar-refractivity contribution in [3.8, 4) is 0 Å². The summed E-state index contributed by atoms with van der Waals surface area (Å²) in [6, 6.07) is 0. The Bertz CT molecular complexity index is 342. The van der Waals surface area contributed by atoms with Gasteiger partial charge in [-0.15, -0.1) is 0 Å². The largest absolute Gasteiger partial charge is 0.393 e. The highest BCUT2D eigenvalue weighted by molar-refractivity contribution is 7.85. The maximum atomic E-state index is 10.9. The van der Waals surface area contributed by atoms with Gasteiger partial charge in [0.05, 0.1) is 17.6 Å². The van der Waals surface area contributed by atoms with Crippen LogP contribution in [0.3, 0.4) is 0 Å². The molecule has 2 unspecified atom stereocenters. The fourth-order valence-electron chi connectivity index (χ4n) is 1.08. The van der Waals surface area contributed by atoms with Crippen LogP contribution in [0.2, 0.25) is 0 Å². The average molecular weight is 208 g/mol. The minimum absolute atomic E-state index is 0.751. The summed E-state index contributed by atoms with van der Waals surface area (Å²) < 4.78 is 33.5. The number of carbonyl (C=O) groups excluding carboxylic acids is 2. The molecule has 2 atom stereocenters. The first-order valence-electron chi connectivity index (χ1n) is 3.52. The molecule has 0 aromatic rings. The van der Waals surface area contributed by atoms with Gasteiger partial charge in [0.25, 0.3) is 10.1 Å². The molecule has 1 rings (SSSR count).